The fourth-order valence-electron chi connectivity index (χ4n) is 1.81. The number of anilines is 1. The summed E-state index contributed by atoms with van der Waals surface area (Å²) < 4.78 is 41.2. The average molecular weight is 287 g/mol. The van der Waals surface area contributed by atoms with E-state index < -0.39 is 11.9 Å². The molecular formula is C12H16F3N5. The van der Waals surface area contributed by atoms with Crippen molar-refractivity contribution in [3.05, 3.63) is 29.8 Å². The number of hydrogen-bond donors (Lipinski definition) is 1. The molecule has 0 aromatic carbocycles. The lowest BCUT2D eigenvalue weighted by Crippen LogP contribution is -2.11. The van der Waals surface area contributed by atoms with Crippen LogP contribution in [-0.2, 0) is 19.8 Å². The van der Waals surface area contributed by atoms with Crippen LogP contribution in [0, 0.1) is 0 Å². The molecule has 0 saturated carbocycles. The highest BCUT2D eigenvalue weighted by Crippen LogP contribution is 2.30. The van der Waals surface area contributed by atoms with Crippen molar-refractivity contribution >= 4 is 5.69 Å². The lowest BCUT2D eigenvalue weighted by molar-refractivity contribution is -0.142. The van der Waals surface area contributed by atoms with Gasteiger partial charge in [-0.2, -0.15) is 23.4 Å². The third-order valence-corrected chi connectivity index (χ3v) is 2.79. The standard InChI is InChI=1S/C12H16F3N5/c1-8(2)20-7-10(5-17-20)16-4-9-6-19(3)18-11(9)12(13,14)15/h5-8,16H,4H2,1-3H3. The Morgan fingerprint density at radius 3 is 2.55 bits per heavy atom. The highest BCUT2D eigenvalue weighted by Gasteiger charge is 2.36. The Morgan fingerprint density at radius 2 is 2.00 bits per heavy atom. The van der Waals surface area contributed by atoms with Crippen LogP contribution in [-0.4, -0.2) is 19.6 Å². The highest BCUT2D eigenvalue weighted by molar-refractivity contribution is 5.39. The van der Waals surface area contributed by atoms with Crippen molar-refractivity contribution in [2.24, 2.45) is 7.05 Å². The fourth-order valence-corrected chi connectivity index (χ4v) is 1.81. The van der Waals surface area contributed by atoms with Crippen LogP contribution in [0.25, 0.3) is 0 Å². The van der Waals surface area contributed by atoms with Gasteiger partial charge in [0, 0.05) is 37.6 Å². The highest BCUT2D eigenvalue weighted by atomic mass is 19.4. The van der Waals surface area contributed by atoms with Gasteiger partial charge in [0.25, 0.3) is 0 Å². The van der Waals surface area contributed by atoms with Gasteiger partial charge in [0.2, 0.25) is 0 Å². The van der Waals surface area contributed by atoms with Gasteiger partial charge in [-0.3, -0.25) is 9.36 Å². The van der Waals surface area contributed by atoms with Gasteiger partial charge < -0.3 is 5.32 Å². The van der Waals surface area contributed by atoms with E-state index in [1.165, 1.54) is 13.2 Å². The second kappa shape index (κ2) is 5.18. The molecule has 2 rings (SSSR count). The van der Waals surface area contributed by atoms with E-state index in [-0.39, 0.29) is 18.2 Å². The zero-order valence-electron chi connectivity index (χ0n) is 11.4. The molecule has 0 aliphatic heterocycles. The third-order valence-electron chi connectivity index (χ3n) is 2.79. The van der Waals surface area contributed by atoms with Crippen LogP contribution in [0.4, 0.5) is 18.9 Å². The Morgan fingerprint density at radius 1 is 1.30 bits per heavy atom. The molecule has 2 aromatic heterocycles. The van der Waals surface area contributed by atoms with Crippen LogP contribution in [0.15, 0.2) is 18.6 Å². The fraction of sp³-hybridized carbons (Fsp3) is 0.500. The van der Waals surface area contributed by atoms with Crippen LogP contribution in [0.2, 0.25) is 0 Å². The Labute approximate surface area is 114 Å². The maximum Gasteiger partial charge on any atom is 0.435 e. The number of nitrogens with zero attached hydrogens (tertiary/aromatic N) is 4. The van der Waals surface area contributed by atoms with Gasteiger partial charge in [0.05, 0.1) is 11.9 Å². The molecule has 0 aliphatic rings. The molecule has 20 heavy (non-hydrogen) atoms. The van der Waals surface area contributed by atoms with Gasteiger partial charge in [-0.25, -0.2) is 0 Å². The van der Waals surface area contributed by atoms with Crippen molar-refractivity contribution in [2.45, 2.75) is 32.6 Å². The van der Waals surface area contributed by atoms with Crippen LogP contribution < -0.4 is 5.32 Å². The molecular weight excluding hydrogens is 271 g/mol. The first-order valence-corrected chi connectivity index (χ1v) is 6.15. The summed E-state index contributed by atoms with van der Waals surface area (Å²) in [6.45, 7) is 3.99. The average Bonchev–Trinajstić information content (AvgIpc) is 2.91. The van der Waals surface area contributed by atoms with E-state index in [1.807, 2.05) is 13.8 Å². The number of nitrogens with one attached hydrogen (secondary N) is 1. The quantitative estimate of drug-likeness (QED) is 0.940. The smallest absolute Gasteiger partial charge is 0.378 e. The molecule has 0 saturated heterocycles. The Bertz CT molecular complexity index is 582. The summed E-state index contributed by atoms with van der Waals surface area (Å²) in [5.41, 5.74) is -0.0725. The van der Waals surface area contributed by atoms with Crippen molar-refractivity contribution in [2.75, 3.05) is 5.32 Å². The van der Waals surface area contributed by atoms with Crippen molar-refractivity contribution < 1.29 is 13.2 Å². The van der Waals surface area contributed by atoms with Crippen LogP contribution in [0.1, 0.15) is 31.1 Å². The summed E-state index contributed by atoms with van der Waals surface area (Å²) in [6.07, 6.45) is 0.265. The monoisotopic (exact) mass is 287 g/mol. The van der Waals surface area contributed by atoms with Crippen molar-refractivity contribution in [3.8, 4) is 0 Å². The molecule has 0 atom stereocenters. The molecule has 2 aromatic rings. The largest absolute Gasteiger partial charge is 0.435 e. The van der Waals surface area contributed by atoms with E-state index in [4.69, 9.17) is 0 Å². The molecule has 1 N–H and O–H groups in total. The summed E-state index contributed by atoms with van der Waals surface area (Å²) in [5, 5.41) is 10.5. The maximum absolute atomic E-state index is 12.8. The lowest BCUT2D eigenvalue weighted by atomic mass is 10.2. The number of halogens is 3. The summed E-state index contributed by atoms with van der Waals surface area (Å²) in [5.74, 6) is 0. The second-order valence-electron chi connectivity index (χ2n) is 4.83. The molecule has 0 aliphatic carbocycles. The zero-order valence-corrected chi connectivity index (χ0v) is 11.4. The van der Waals surface area contributed by atoms with E-state index in [1.54, 1.807) is 17.1 Å². The minimum absolute atomic E-state index is 0.0481. The summed E-state index contributed by atoms with van der Waals surface area (Å²) in [7, 11) is 1.47. The third kappa shape index (κ3) is 3.12. The van der Waals surface area contributed by atoms with Gasteiger partial charge >= 0.3 is 6.18 Å². The molecule has 0 spiro atoms. The van der Waals surface area contributed by atoms with E-state index in [0.717, 1.165) is 4.68 Å². The molecule has 110 valence electrons. The first kappa shape index (κ1) is 14.4. The van der Waals surface area contributed by atoms with Crippen molar-refractivity contribution in [3.63, 3.8) is 0 Å². The second-order valence-corrected chi connectivity index (χ2v) is 4.83. The van der Waals surface area contributed by atoms with E-state index in [2.05, 4.69) is 15.5 Å². The Hall–Kier alpha value is -1.99. The number of aromatic nitrogens is 4. The van der Waals surface area contributed by atoms with E-state index in [0.29, 0.717) is 5.69 Å². The number of alkyl halides is 3. The minimum Gasteiger partial charge on any atom is -0.378 e. The van der Waals surface area contributed by atoms with Crippen molar-refractivity contribution in [1.82, 2.24) is 19.6 Å². The Kier molecular flexibility index (Phi) is 3.74. The first-order chi connectivity index (χ1) is 9.27. The van der Waals surface area contributed by atoms with Gasteiger partial charge in [-0.15, -0.1) is 0 Å². The predicted octanol–water partition coefficient (Wildman–Crippen LogP) is 2.83. The van der Waals surface area contributed by atoms with Crippen LogP contribution >= 0.6 is 0 Å². The molecule has 5 nitrogen and oxygen atoms in total. The topological polar surface area (TPSA) is 47.7 Å². The molecule has 0 bridgehead atoms. The molecule has 8 heteroatoms. The summed E-state index contributed by atoms with van der Waals surface area (Å²) in [4.78, 5) is 0. The number of aryl methyl sites for hydroxylation is 1. The SMILES string of the molecule is CC(C)n1cc(NCc2cn(C)nc2C(F)(F)F)cn1. The predicted molar refractivity (Wildman–Crippen MR) is 68.1 cm³/mol. The van der Waals surface area contributed by atoms with Gasteiger partial charge in [0.1, 0.15) is 0 Å². The normalized spacial score (nSPS) is 12.2. The maximum atomic E-state index is 12.8. The lowest BCUT2D eigenvalue weighted by Gasteiger charge is -2.07. The van der Waals surface area contributed by atoms with Gasteiger partial charge in [-0.05, 0) is 13.8 Å². The minimum atomic E-state index is -4.44. The van der Waals surface area contributed by atoms with E-state index >= 15 is 0 Å². The Balaban J connectivity index is 2.10. The summed E-state index contributed by atoms with van der Waals surface area (Å²) >= 11 is 0. The van der Waals surface area contributed by atoms with Crippen LogP contribution in [0.3, 0.4) is 0 Å². The number of hydrogen-bond acceptors (Lipinski definition) is 3. The van der Waals surface area contributed by atoms with Gasteiger partial charge in [-0.1, -0.05) is 0 Å². The molecule has 0 fully saturated rings. The molecule has 0 radical (unpaired) electrons. The zero-order chi connectivity index (χ0) is 14.9. The van der Waals surface area contributed by atoms with Crippen LogP contribution in [0.5, 0.6) is 0 Å². The van der Waals surface area contributed by atoms with Gasteiger partial charge in [0.15, 0.2) is 5.69 Å². The van der Waals surface area contributed by atoms with Crippen molar-refractivity contribution in [1.29, 1.82) is 0 Å². The molecule has 0 amide bonds. The number of rotatable bonds is 4. The van der Waals surface area contributed by atoms with E-state index in [9.17, 15) is 13.2 Å². The molecule has 0 unspecified atom stereocenters. The first-order valence-electron chi connectivity index (χ1n) is 6.15. The molecule has 2 heterocycles. The summed E-state index contributed by atoms with van der Waals surface area (Å²) in [6, 6.07) is 0.203.